The summed E-state index contributed by atoms with van der Waals surface area (Å²) >= 11 is 6.94. The van der Waals surface area contributed by atoms with Gasteiger partial charge in [0.25, 0.3) is 0 Å². The number of nitriles is 1. The van der Waals surface area contributed by atoms with E-state index in [1.807, 2.05) is 0 Å². The van der Waals surface area contributed by atoms with E-state index in [0.29, 0.717) is 15.6 Å². The van der Waals surface area contributed by atoms with Crippen LogP contribution in [0.3, 0.4) is 0 Å². The highest BCUT2D eigenvalue weighted by molar-refractivity contribution is 8.03. The summed E-state index contributed by atoms with van der Waals surface area (Å²) in [6, 6.07) is 14.9. The van der Waals surface area contributed by atoms with E-state index in [9.17, 15) is 19.2 Å². The molecule has 142 valence electrons. The van der Waals surface area contributed by atoms with E-state index in [0.717, 1.165) is 17.3 Å². The third-order valence-corrected chi connectivity index (χ3v) is 5.39. The first-order valence-electron chi connectivity index (χ1n) is 8.34. The molecule has 0 aliphatic carbocycles. The Morgan fingerprint density at radius 1 is 1.29 bits per heavy atom. The molecule has 1 heterocycles. The molecule has 2 aromatic carbocycles. The van der Waals surface area contributed by atoms with Gasteiger partial charge in [0.05, 0.1) is 28.1 Å². The van der Waals surface area contributed by atoms with Gasteiger partial charge in [-0.15, -0.1) is 0 Å². The average molecular weight is 416 g/mol. The van der Waals surface area contributed by atoms with Crippen LogP contribution in [0.1, 0.15) is 17.9 Å². The number of hydrogen-bond acceptors (Lipinski definition) is 4. The summed E-state index contributed by atoms with van der Waals surface area (Å²) in [5.74, 6) is -1.71. The molecule has 8 heteroatoms. The van der Waals surface area contributed by atoms with E-state index >= 15 is 0 Å². The Bertz CT molecular complexity index is 986. The highest BCUT2D eigenvalue weighted by atomic mass is 35.5. The quantitative estimate of drug-likeness (QED) is 0.767. The minimum Gasteiger partial charge on any atom is -0.323 e. The zero-order chi connectivity index (χ0) is 20.1. The summed E-state index contributed by atoms with van der Waals surface area (Å²) in [5.41, 5.74) is 1.25. The van der Waals surface area contributed by atoms with Crippen molar-refractivity contribution in [2.45, 2.75) is 12.3 Å². The SMILES string of the molecule is N#CC1=C(SCC(=O)Nc2ccccc2F)NC(=O)C[C@H]1c1ccc(Cl)cc1. The second-order valence-electron chi connectivity index (χ2n) is 6.03. The van der Waals surface area contributed by atoms with Gasteiger partial charge in [0, 0.05) is 17.4 Å². The van der Waals surface area contributed by atoms with E-state index < -0.39 is 17.6 Å². The van der Waals surface area contributed by atoms with Gasteiger partial charge in [-0.2, -0.15) is 5.26 Å². The average Bonchev–Trinajstić information content (AvgIpc) is 2.68. The molecule has 2 N–H and O–H groups in total. The van der Waals surface area contributed by atoms with Gasteiger partial charge in [0.15, 0.2) is 0 Å². The molecular formula is C20H15ClFN3O2S. The van der Waals surface area contributed by atoms with Gasteiger partial charge >= 0.3 is 0 Å². The molecule has 1 aliphatic heterocycles. The summed E-state index contributed by atoms with van der Waals surface area (Å²) in [4.78, 5) is 24.3. The third-order valence-electron chi connectivity index (χ3n) is 4.12. The molecule has 1 atom stereocenters. The molecule has 2 amide bonds. The number of benzene rings is 2. The second-order valence-corrected chi connectivity index (χ2v) is 7.45. The first-order valence-corrected chi connectivity index (χ1v) is 9.71. The fourth-order valence-electron chi connectivity index (χ4n) is 2.80. The lowest BCUT2D eigenvalue weighted by Gasteiger charge is -2.25. The van der Waals surface area contributed by atoms with Crippen LogP contribution in [0.15, 0.2) is 59.1 Å². The monoisotopic (exact) mass is 415 g/mol. The fraction of sp³-hybridized carbons (Fsp3) is 0.150. The largest absolute Gasteiger partial charge is 0.323 e. The first kappa shape index (κ1) is 19.9. The van der Waals surface area contributed by atoms with E-state index in [4.69, 9.17) is 11.6 Å². The summed E-state index contributed by atoms with van der Waals surface area (Å²) < 4.78 is 13.6. The number of carbonyl (C=O) groups excluding carboxylic acids is 2. The van der Waals surface area contributed by atoms with E-state index in [1.165, 1.54) is 18.2 Å². The Labute approximate surface area is 170 Å². The predicted molar refractivity (Wildman–Crippen MR) is 107 cm³/mol. The van der Waals surface area contributed by atoms with Gasteiger partial charge in [0.1, 0.15) is 5.82 Å². The minimum atomic E-state index is -0.536. The maximum absolute atomic E-state index is 13.6. The van der Waals surface area contributed by atoms with Crippen LogP contribution in [0.4, 0.5) is 10.1 Å². The molecule has 0 unspecified atom stereocenters. The Balaban J connectivity index is 1.76. The highest BCUT2D eigenvalue weighted by Gasteiger charge is 2.29. The van der Waals surface area contributed by atoms with E-state index in [1.54, 1.807) is 30.3 Å². The predicted octanol–water partition coefficient (Wildman–Crippen LogP) is 4.19. The molecular weight excluding hydrogens is 401 g/mol. The molecule has 2 aromatic rings. The summed E-state index contributed by atoms with van der Waals surface area (Å²) in [6.07, 6.45) is 0.135. The van der Waals surface area contributed by atoms with Gasteiger partial charge in [0.2, 0.25) is 11.8 Å². The van der Waals surface area contributed by atoms with E-state index in [2.05, 4.69) is 16.7 Å². The first-order chi connectivity index (χ1) is 13.5. The standard InChI is InChI=1S/C20H15ClFN3O2S/c21-13-7-5-12(6-8-13)14-9-18(26)25-20(15(14)10-23)28-11-19(27)24-17-4-2-1-3-16(17)22/h1-8,14H,9,11H2,(H,24,27)(H,25,26)/t14-/m0/s1. The number of carbonyl (C=O) groups is 2. The Morgan fingerprint density at radius 2 is 2.00 bits per heavy atom. The Kier molecular flexibility index (Phi) is 6.34. The van der Waals surface area contributed by atoms with Gasteiger partial charge in [-0.3, -0.25) is 9.59 Å². The molecule has 0 aromatic heterocycles. The zero-order valence-corrected chi connectivity index (χ0v) is 16.1. The smallest absolute Gasteiger partial charge is 0.234 e. The van der Waals surface area contributed by atoms with Crippen molar-refractivity contribution < 1.29 is 14.0 Å². The van der Waals surface area contributed by atoms with Crippen LogP contribution in [-0.4, -0.2) is 17.6 Å². The van der Waals surface area contributed by atoms with Gasteiger partial charge < -0.3 is 10.6 Å². The van der Waals surface area contributed by atoms with Crippen LogP contribution in [0.5, 0.6) is 0 Å². The van der Waals surface area contributed by atoms with Crippen molar-refractivity contribution in [3.05, 3.63) is 75.5 Å². The number of nitrogens with one attached hydrogen (secondary N) is 2. The number of para-hydroxylation sites is 1. The lowest BCUT2D eigenvalue weighted by molar-refractivity contribution is -0.121. The molecule has 0 fully saturated rings. The molecule has 1 aliphatic rings. The van der Waals surface area contributed by atoms with Gasteiger partial charge in [-0.05, 0) is 29.8 Å². The number of hydrogen-bond donors (Lipinski definition) is 2. The van der Waals surface area contributed by atoms with Crippen LogP contribution in [0.25, 0.3) is 0 Å². The van der Waals surface area contributed by atoms with Crippen molar-refractivity contribution in [1.29, 1.82) is 5.26 Å². The van der Waals surface area contributed by atoms with Crippen LogP contribution in [0.2, 0.25) is 5.02 Å². The van der Waals surface area contributed by atoms with Crippen LogP contribution in [0, 0.1) is 17.1 Å². The minimum absolute atomic E-state index is 0.0781. The molecule has 0 bridgehead atoms. The van der Waals surface area contributed by atoms with Crippen LogP contribution in [-0.2, 0) is 9.59 Å². The van der Waals surface area contributed by atoms with Gasteiger partial charge in [-0.25, -0.2) is 4.39 Å². The van der Waals surface area contributed by atoms with Crippen molar-refractivity contribution >= 4 is 40.9 Å². The van der Waals surface area contributed by atoms with Gasteiger partial charge in [-0.1, -0.05) is 47.6 Å². The summed E-state index contributed by atoms with van der Waals surface area (Å²) in [5, 5.41) is 15.7. The number of nitrogens with zero attached hydrogens (tertiary/aromatic N) is 1. The molecule has 0 radical (unpaired) electrons. The molecule has 0 saturated heterocycles. The second kappa shape index (κ2) is 8.91. The van der Waals surface area contributed by atoms with Crippen molar-refractivity contribution in [1.82, 2.24) is 5.32 Å². The van der Waals surface area contributed by atoms with E-state index in [-0.39, 0.29) is 23.8 Å². The molecule has 28 heavy (non-hydrogen) atoms. The normalized spacial score (nSPS) is 16.3. The maximum Gasteiger partial charge on any atom is 0.234 e. The lowest BCUT2D eigenvalue weighted by Crippen LogP contribution is -2.31. The summed E-state index contributed by atoms with van der Waals surface area (Å²) in [7, 11) is 0. The zero-order valence-electron chi connectivity index (χ0n) is 14.5. The maximum atomic E-state index is 13.6. The van der Waals surface area contributed by atoms with Crippen molar-refractivity contribution in [3.8, 4) is 6.07 Å². The number of amides is 2. The fourth-order valence-corrected chi connectivity index (χ4v) is 3.80. The Morgan fingerprint density at radius 3 is 2.68 bits per heavy atom. The topological polar surface area (TPSA) is 82.0 Å². The van der Waals surface area contributed by atoms with Crippen LogP contribution < -0.4 is 10.6 Å². The highest BCUT2D eigenvalue weighted by Crippen LogP contribution is 2.36. The van der Waals surface area contributed by atoms with Crippen molar-refractivity contribution in [2.24, 2.45) is 0 Å². The molecule has 5 nitrogen and oxygen atoms in total. The molecule has 0 spiro atoms. The number of rotatable bonds is 5. The van der Waals surface area contributed by atoms with Crippen LogP contribution >= 0.6 is 23.4 Å². The lowest BCUT2D eigenvalue weighted by atomic mass is 9.87. The third kappa shape index (κ3) is 4.71. The number of allylic oxidation sites excluding steroid dienone is 1. The van der Waals surface area contributed by atoms with Crippen molar-refractivity contribution in [3.63, 3.8) is 0 Å². The number of thioether (sulfide) groups is 1. The number of anilines is 1. The van der Waals surface area contributed by atoms with Crippen molar-refractivity contribution in [2.75, 3.05) is 11.1 Å². The number of halogens is 2. The summed E-state index contributed by atoms with van der Waals surface area (Å²) in [6.45, 7) is 0. The molecule has 0 saturated carbocycles. The molecule has 3 rings (SSSR count). The Hall–Kier alpha value is -2.82.